The van der Waals surface area contributed by atoms with Gasteiger partial charge in [0, 0.05) is 12.8 Å². The van der Waals surface area contributed by atoms with Crippen molar-refractivity contribution in [1.82, 2.24) is 0 Å². The molecule has 1 nitrogen and oxygen atoms in total. The maximum absolute atomic E-state index is 11.7. The van der Waals surface area contributed by atoms with Crippen LogP contribution >= 0.6 is 0 Å². The second kappa shape index (κ2) is 5.84. The Hall–Kier alpha value is -0.330. The number of ketones is 1. The summed E-state index contributed by atoms with van der Waals surface area (Å²) >= 11 is 0. The highest BCUT2D eigenvalue weighted by Gasteiger charge is 2.31. The molecule has 1 aliphatic carbocycles. The second-order valence-corrected chi connectivity index (χ2v) is 6.59. The van der Waals surface area contributed by atoms with Gasteiger partial charge in [-0.2, -0.15) is 0 Å². The molecular formula is C15H28O. The van der Waals surface area contributed by atoms with Gasteiger partial charge in [0.2, 0.25) is 0 Å². The summed E-state index contributed by atoms with van der Waals surface area (Å²) < 4.78 is 0. The highest BCUT2D eigenvalue weighted by Crippen LogP contribution is 2.41. The Kier molecular flexibility index (Phi) is 5.01. The molecule has 1 heteroatoms. The summed E-state index contributed by atoms with van der Waals surface area (Å²) in [6.07, 6.45) is 7.89. The average molecular weight is 224 g/mol. The fourth-order valence-electron chi connectivity index (χ4n) is 2.97. The Labute approximate surface area is 101 Å². The quantitative estimate of drug-likeness (QED) is 0.682. The lowest BCUT2D eigenvalue weighted by Gasteiger charge is -2.37. The number of hydrogen-bond acceptors (Lipinski definition) is 1. The highest BCUT2D eigenvalue weighted by molar-refractivity contribution is 5.78. The second-order valence-electron chi connectivity index (χ2n) is 6.59. The lowest BCUT2D eigenvalue weighted by Crippen LogP contribution is -2.27. The number of carbonyl (C=O) groups excluding carboxylic acids is 1. The third-order valence-electron chi connectivity index (χ3n) is 4.05. The maximum Gasteiger partial charge on any atom is 0.133 e. The first kappa shape index (κ1) is 13.7. The summed E-state index contributed by atoms with van der Waals surface area (Å²) in [6, 6.07) is 0. The van der Waals surface area contributed by atoms with E-state index in [4.69, 9.17) is 0 Å². The van der Waals surface area contributed by atoms with Gasteiger partial charge in [0.15, 0.2) is 0 Å². The Bertz CT molecular complexity index is 224. The molecule has 0 N–H and O–H groups in total. The minimum absolute atomic E-state index is 0.423. The molecule has 0 aromatic rings. The molecule has 1 fully saturated rings. The Morgan fingerprint density at radius 3 is 2.50 bits per heavy atom. The molecule has 0 amide bonds. The standard InChI is InChI=1S/C15H28O/c1-5-7-14(16)11-12-8-6-9-13(10-12)15(2,3)4/h12-13H,5-11H2,1-4H3. The Balaban J connectivity index is 2.42. The molecule has 0 spiro atoms. The van der Waals surface area contributed by atoms with E-state index in [0.717, 1.165) is 25.2 Å². The molecule has 0 heterocycles. The zero-order valence-electron chi connectivity index (χ0n) is 11.5. The lowest BCUT2D eigenvalue weighted by molar-refractivity contribution is -0.120. The van der Waals surface area contributed by atoms with E-state index in [1.807, 2.05) is 0 Å². The molecule has 0 radical (unpaired) electrons. The van der Waals surface area contributed by atoms with E-state index in [-0.39, 0.29) is 0 Å². The van der Waals surface area contributed by atoms with Gasteiger partial charge in [0.25, 0.3) is 0 Å². The summed E-state index contributed by atoms with van der Waals surface area (Å²) in [5, 5.41) is 0. The van der Waals surface area contributed by atoms with Crippen molar-refractivity contribution in [2.75, 3.05) is 0 Å². The molecule has 0 saturated heterocycles. The Morgan fingerprint density at radius 2 is 1.94 bits per heavy atom. The largest absolute Gasteiger partial charge is 0.300 e. The van der Waals surface area contributed by atoms with Gasteiger partial charge >= 0.3 is 0 Å². The molecule has 0 bridgehead atoms. The minimum Gasteiger partial charge on any atom is -0.300 e. The molecule has 1 aliphatic rings. The van der Waals surface area contributed by atoms with Crippen LogP contribution in [0.1, 0.15) is 72.6 Å². The first-order valence-electron chi connectivity index (χ1n) is 6.95. The van der Waals surface area contributed by atoms with Gasteiger partial charge in [0.1, 0.15) is 5.78 Å². The average Bonchev–Trinajstić information content (AvgIpc) is 2.17. The molecule has 0 aromatic heterocycles. The van der Waals surface area contributed by atoms with Gasteiger partial charge in [-0.15, -0.1) is 0 Å². The number of Topliss-reactive ketones (excluding diaryl/α,β-unsaturated/α-hetero) is 1. The van der Waals surface area contributed by atoms with Gasteiger partial charge in [-0.25, -0.2) is 0 Å². The number of carbonyl (C=O) groups is 1. The van der Waals surface area contributed by atoms with E-state index < -0.39 is 0 Å². The fraction of sp³-hybridized carbons (Fsp3) is 0.933. The maximum atomic E-state index is 11.7. The van der Waals surface area contributed by atoms with E-state index in [2.05, 4.69) is 27.7 Å². The molecule has 2 unspecified atom stereocenters. The van der Waals surface area contributed by atoms with Crippen LogP contribution in [0.25, 0.3) is 0 Å². The van der Waals surface area contributed by atoms with Crippen LogP contribution in [0.2, 0.25) is 0 Å². The van der Waals surface area contributed by atoms with Crippen molar-refractivity contribution < 1.29 is 4.79 Å². The summed E-state index contributed by atoms with van der Waals surface area (Å²) in [5.41, 5.74) is 0.423. The lowest BCUT2D eigenvalue weighted by atomic mass is 9.68. The predicted octanol–water partition coefficient (Wildman–Crippen LogP) is 4.60. The van der Waals surface area contributed by atoms with Crippen LogP contribution in [0.4, 0.5) is 0 Å². The van der Waals surface area contributed by atoms with Crippen LogP contribution in [-0.2, 0) is 4.79 Å². The van der Waals surface area contributed by atoms with Crippen LogP contribution in [-0.4, -0.2) is 5.78 Å². The predicted molar refractivity (Wildman–Crippen MR) is 69.4 cm³/mol. The molecule has 94 valence electrons. The van der Waals surface area contributed by atoms with Gasteiger partial charge in [-0.3, -0.25) is 4.79 Å². The zero-order valence-corrected chi connectivity index (χ0v) is 11.5. The van der Waals surface area contributed by atoms with Crippen LogP contribution in [0.3, 0.4) is 0 Å². The molecule has 16 heavy (non-hydrogen) atoms. The third-order valence-corrected chi connectivity index (χ3v) is 4.05. The third kappa shape index (κ3) is 4.27. The van der Waals surface area contributed by atoms with E-state index in [9.17, 15) is 4.79 Å². The smallest absolute Gasteiger partial charge is 0.133 e. The number of rotatable bonds is 4. The Morgan fingerprint density at radius 1 is 1.25 bits per heavy atom. The first-order valence-corrected chi connectivity index (χ1v) is 6.95. The van der Waals surface area contributed by atoms with Gasteiger partial charge in [0.05, 0.1) is 0 Å². The summed E-state index contributed by atoms with van der Waals surface area (Å²) in [7, 11) is 0. The summed E-state index contributed by atoms with van der Waals surface area (Å²) in [5.74, 6) is 1.99. The van der Waals surface area contributed by atoms with Crippen molar-refractivity contribution in [3.63, 3.8) is 0 Å². The zero-order chi connectivity index (χ0) is 12.2. The number of hydrogen-bond donors (Lipinski definition) is 0. The van der Waals surface area contributed by atoms with Gasteiger partial charge in [-0.05, 0) is 36.5 Å². The molecule has 0 aliphatic heterocycles. The van der Waals surface area contributed by atoms with E-state index in [0.29, 0.717) is 17.1 Å². The van der Waals surface area contributed by atoms with Crippen molar-refractivity contribution in [1.29, 1.82) is 0 Å². The van der Waals surface area contributed by atoms with Crippen molar-refractivity contribution in [3.8, 4) is 0 Å². The SMILES string of the molecule is CCCC(=O)CC1CCCC(C(C)(C)C)C1. The normalized spacial score (nSPS) is 26.8. The minimum atomic E-state index is 0.423. The first-order chi connectivity index (χ1) is 7.43. The van der Waals surface area contributed by atoms with Crippen LogP contribution < -0.4 is 0 Å². The van der Waals surface area contributed by atoms with E-state index in [1.54, 1.807) is 0 Å². The van der Waals surface area contributed by atoms with Gasteiger partial charge < -0.3 is 0 Å². The topological polar surface area (TPSA) is 17.1 Å². The van der Waals surface area contributed by atoms with Crippen molar-refractivity contribution in [3.05, 3.63) is 0 Å². The van der Waals surface area contributed by atoms with Crippen LogP contribution in [0.5, 0.6) is 0 Å². The van der Waals surface area contributed by atoms with Gasteiger partial charge in [-0.1, -0.05) is 40.5 Å². The fourth-order valence-corrected chi connectivity index (χ4v) is 2.97. The molecule has 1 rings (SSSR count). The molecule has 1 saturated carbocycles. The van der Waals surface area contributed by atoms with Crippen LogP contribution in [0.15, 0.2) is 0 Å². The molecular weight excluding hydrogens is 196 g/mol. The summed E-state index contributed by atoms with van der Waals surface area (Å²) in [6.45, 7) is 9.12. The van der Waals surface area contributed by atoms with E-state index >= 15 is 0 Å². The monoisotopic (exact) mass is 224 g/mol. The van der Waals surface area contributed by atoms with Crippen LogP contribution in [0, 0.1) is 17.3 Å². The van der Waals surface area contributed by atoms with Crippen molar-refractivity contribution in [2.24, 2.45) is 17.3 Å². The van der Waals surface area contributed by atoms with E-state index in [1.165, 1.54) is 25.7 Å². The summed E-state index contributed by atoms with van der Waals surface area (Å²) in [4.78, 5) is 11.7. The molecule has 0 aromatic carbocycles. The van der Waals surface area contributed by atoms with Crippen molar-refractivity contribution >= 4 is 5.78 Å². The highest BCUT2D eigenvalue weighted by atomic mass is 16.1. The van der Waals surface area contributed by atoms with Crippen molar-refractivity contribution in [2.45, 2.75) is 72.6 Å². The molecule has 2 atom stereocenters.